The van der Waals surface area contributed by atoms with Gasteiger partial charge >= 0.3 is 0 Å². The Bertz CT molecular complexity index is 584. The number of ether oxygens (including phenoxy) is 1. The van der Waals surface area contributed by atoms with Crippen molar-refractivity contribution in [1.82, 2.24) is 4.98 Å². The normalized spacial score (nSPS) is 12.2. The molecule has 0 saturated heterocycles. The second-order valence-corrected chi connectivity index (χ2v) is 5.53. The molecule has 2 aromatic rings. The summed E-state index contributed by atoms with van der Waals surface area (Å²) in [7, 11) is 0. The van der Waals surface area contributed by atoms with E-state index in [1.165, 1.54) is 0 Å². The Morgan fingerprint density at radius 3 is 2.80 bits per heavy atom. The van der Waals surface area contributed by atoms with E-state index in [2.05, 4.69) is 11.1 Å². The van der Waals surface area contributed by atoms with E-state index in [9.17, 15) is 0 Å². The van der Waals surface area contributed by atoms with Crippen LogP contribution in [0.15, 0.2) is 36.7 Å². The second-order valence-electron chi connectivity index (χ2n) is 5.09. The molecule has 0 aliphatic carbocycles. The molecule has 2 N–H and O–H groups in total. The average molecular weight is 291 g/mol. The highest BCUT2D eigenvalue weighted by Crippen LogP contribution is 2.25. The molecule has 0 fully saturated rings. The lowest BCUT2D eigenvalue weighted by Crippen LogP contribution is -2.18. The molecule has 1 aromatic heterocycles. The van der Waals surface area contributed by atoms with Crippen LogP contribution in [0.5, 0.6) is 5.75 Å². The topological polar surface area (TPSA) is 48.1 Å². The first-order valence-electron chi connectivity index (χ1n) is 6.62. The van der Waals surface area contributed by atoms with E-state index in [0.717, 1.165) is 28.9 Å². The summed E-state index contributed by atoms with van der Waals surface area (Å²) in [5.41, 5.74) is 9.07. The highest BCUT2D eigenvalue weighted by atomic mass is 35.5. The summed E-state index contributed by atoms with van der Waals surface area (Å²) in [5.74, 6) is 0.827. The molecule has 0 radical (unpaired) electrons. The van der Waals surface area contributed by atoms with Crippen LogP contribution in [0, 0.1) is 6.92 Å². The summed E-state index contributed by atoms with van der Waals surface area (Å²) in [4.78, 5) is 4.16. The second kappa shape index (κ2) is 6.73. The van der Waals surface area contributed by atoms with Crippen molar-refractivity contribution in [2.24, 2.45) is 5.73 Å². The SMILES string of the molecule is Cc1cncc(COc2ccc(Cl)cc2CC(C)N)c1. The Morgan fingerprint density at radius 1 is 1.30 bits per heavy atom. The van der Waals surface area contributed by atoms with Gasteiger partial charge in [-0.05, 0) is 55.7 Å². The van der Waals surface area contributed by atoms with Crippen molar-refractivity contribution in [2.45, 2.75) is 32.9 Å². The van der Waals surface area contributed by atoms with Gasteiger partial charge in [-0.2, -0.15) is 0 Å². The largest absolute Gasteiger partial charge is 0.489 e. The van der Waals surface area contributed by atoms with Crippen LogP contribution in [0.2, 0.25) is 5.02 Å². The van der Waals surface area contributed by atoms with Gasteiger partial charge in [0.2, 0.25) is 0 Å². The number of hydrogen-bond acceptors (Lipinski definition) is 3. The van der Waals surface area contributed by atoms with Crippen LogP contribution in [0.25, 0.3) is 0 Å². The Morgan fingerprint density at radius 2 is 2.10 bits per heavy atom. The lowest BCUT2D eigenvalue weighted by atomic mass is 10.1. The van der Waals surface area contributed by atoms with E-state index in [0.29, 0.717) is 11.6 Å². The van der Waals surface area contributed by atoms with Crippen LogP contribution in [0.1, 0.15) is 23.6 Å². The van der Waals surface area contributed by atoms with Gasteiger partial charge in [0.05, 0.1) is 0 Å². The first-order valence-corrected chi connectivity index (χ1v) is 6.99. The minimum absolute atomic E-state index is 0.0662. The predicted octanol–water partition coefficient (Wildman–Crippen LogP) is 3.51. The fourth-order valence-corrected chi connectivity index (χ4v) is 2.25. The zero-order valence-corrected chi connectivity index (χ0v) is 12.5. The van der Waals surface area contributed by atoms with Gasteiger partial charge < -0.3 is 10.5 Å². The number of aryl methyl sites for hydroxylation is 1. The third-order valence-electron chi connectivity index (χ3n) is 2.89. The number of hydrogen-bond donors (Lipinski definition) is 1. The maximum absolute atomic E-state index is 6.03. The molecule has 0 spiro atoms. The maximum atomic E-state index is 6.03. The van der Waals surface area contributed by atoms with Gasteiger partial charge in [0.25, 0.3) is 0 Å². The minimum Gasteiger partial charge on any atom is -0.489 e. The molecular weight excluding hydrogens is 272 g/mol. The first-order chi connectivity index (χ1) is 9.54. The van der Waals surface area contributed by atoms with Gasteiger partial charge in [0.15, 0.2) is 0 Å². The van der Waals surface area contributed by atoms with Crippen molar-refractivity contribution in [3.8, 4) is 5.75 Å². The van der Waals surface area contributed by atoms with E-state index in [-0.39, 0.29) is 6.04 Å². The van der Waals surface area contributed by atoms with E-state index < -0.39 is 0 Å². The Hall–Kier alpha value is -1.58. The van der Waals surface area contributed by atoms with Gasteiger partial charge in [0.1, 0.15) is 12.4 Å². The standard InChI is InChI=1S/C16H19ClN2O/c1-11-5-13(9-19-8-11)10-20-16-4-3-15(17)7-14(16)6-12(2)18/h3-5,7-9,12H,6,10,18H2,1-2H3. The van der Waals surface area contributed by atoms with Crippen LogP contribution in [0.3, 0.4) is 0 Å². The zero-order valence-electron chi connectivity index (χ0n) is 11.8. The molecule has 4 heteroatoms. The van der Waals surface area contributed by atoms with Crippen molar-refractivity contribution >= 4 is 11.6 Å². The fourth-order valence-electron chi connectivity index (χ4n) is 2.05. The van der Waals surface area contributed by atoms with E-state index in [1.54, 1.807) is 0 Å². The molecule has 1 atom stereocenters. The van der Waals surface area contributed by atoms with Gasteiger partial charge in [-0.15, -0.1) is 0 Å². The van der Waals surface area contributed by atoms with Gasteiger partial charge in [-0.3, -0.25) is 4.98 Å². The lowest BCUT2D eigenvalue weighted by molar-refractivity contribution is 0.302. The van der Waals surface area contributed by atoms with E-state index in [1.807, 2.05) is 44.4 Å². The van der Waals surface area contributed by atoms with Crippen molar-refractivity contribution in [2.75, 3.05) is 0 Å². The van der Waals surface area contributed by atoms with Gasteiger partial charge in [-0.25, -0.2) is 0 Å². The molecule has 20 heavy (non-hydrogen) atoms. The summed E-state index contributed by atoms with van der Waals surface area (Å²) in [6.07, 6.45) is 4.38. The summed E-state index contributed by atoms with van der Waals surface area (Å²) < 4.78 is 5.88. The van der Waals surface area contributed by atoms with Crippen molar-refractivity contribution in [1.29, 1.82) is 0 Å². The molecule has 0 amide bonds. The lowest BCUT2D eigenvalue weighted by Gasteiger charge is -2.13. The summed E-state index contributed by atoms with van der Waals surface area (Å²) in [6, 6.07) is 7.76. The highest BCUT2D eigenvalue weighted by molar-refractivity contribution is 6.30. The molecule has 0 bridgehead atoms. The van der Waals surface area contributed by atoms with Crippen LogP contribution in [-0.4, -0.2) is 11.0 Å². The summed E-state index contributed by atoms with van der Waals surface area (Å²) in [6.45, 7) is 4.47. The molecule has 1 unspecified atom stereocenters. The van der Waals surface area contributed by atoms with Gasteiger partial charge in [-0.1, -0.05) is 11.6 Å². The average Bonchev–Trinajstić information content (AvgIpc) is 2.37. The van der Waals surface area contributed by atoms with Crippen LogP contribution in [0.4, 0.5) is 0 Å². The van der Waals surface area contributed by atoms with Crippen LogP contribution in [-0.2, 0) is 13.0 Å². The molecule has 3 nitrogen and oxygen atoms in total. The number of pyridine rings is 1. The third-order valence-corrected chi connectivity index (χ3v) is 3.13. The number of nitrogens with two attached hydrogens (primary N) is 1. The van der Waals surface area contributed by atoms with Gasteiger partial charge in [0, 0.05) is 29.0 Å². The van der Waals surface area contributed by atoms with E-state index in [4.69, 9.17) is 22.1 Å². The number of benzene rings is 1. The number of rotatable bonds is 5. The Balaban J connectivity index is 2.12. The Labute approximate surface area is 124 Å². The minimum atomic E-state index is 0.0662. The molecule has 106 valence electrons. The van der Waals surface area contributed by atoms with Crippen molar-refractivity contribution in [3.05, 3.63) is 58.4 Å². The summed E-state index contributed by atoms with van der Waals surface area (Å²) >= 11 is 6.03. The fraction of sp³-hybridized carbons (Fsp3) is 0.312. The maximum Gasteiger partial charge on any atom is 0.123 e. The molecule has 1 heterocycles. The molecule has 2 rings (SSSR count). The predicted molar refractivity (Wildman–Crippen MR) is 82.1 cm³/mol. The number of nitrogens with zero attached hydrogens (tertiary/aromatic N) is 1. The smallest absolute Gasteiger partial charge is 0.123 e. The first kappa shape index (κ1) is 14.8. The molecule has 0 aliphatic rings. The molecule has 0 saturated carbocycles. The molecular formula is C16H19ClN2O. The zero-order chi connectivity index (χ0) is 14.5. The monoisotopic (exact) mass is 290 g/mol. The van der Waals surface area contributed by atoms with Crippen molar-refractivity contribution < 1.29 is 4.74 Å². The van der Waals surface area contributed by atoms with Crippen LogP contribution < -0.4 is 10.5 Å². The quantitative estimate of drug-likeness (QED) is 0.916. The van der Waals surface area contributed by atoms with Crippen LogP contribution >= 0.6 is 11.6 Å². The highest BCUT2D eigenvalue weighted by Gasteiger charge is 2.08. The number of aromatic nitrogens is 1. The van der Waals surface area contributed by atoms with Crippen molar-refractivity contribution in [3.63, 3.8) is 0 Å². The third kappa shape index (κ3) is 4.22. The summed E-state index contributed by atoms with van der Waals surface area (Å²) in [5, 5.41) is 0.699. The molecule has 0 aliphatic heterocycles. The van der Waals surface area contributed by atoms with E-state index >= 15 is 0 Å². The molecule has 1 aromatic carbocycles. The number of halogens is 1. The Kier molecular flexibility index (Phi) is 4.99.